The molecule has 19 heavy (non-hydrogen) atoms. The molecule has 1 nitrogen and oxygen atoms in total. The molecule has 0 aromatic rings. The summed E-state index contributed by atoms with van der Waals surface area (Å²) in [6.45, 7) is 8.43. The summed E-state index contributed by atoms with van der Waals surface area (Å²) in [5, 5.41) is 0. The van der Waals surface area contributed by atoms with Crippen LogP contribution in [0.1, 0.15) is 71.1 Å². The van der Waals surface area contributed by atoms with E-state index in [1.165, 1.54) is 76.3 Å². The van der Waals surface area contributed by atoms with E-state index >= 15 is 0 Å². The van der Waals surface area contributed by atoms with Gasteiger partial charge in [-0.25, -0.2) is 0 Å². The molecule has 114 valence electrons. The zero-order valence-electron chi connectivity index (χ0n) is 13.7. The van der Waals surface area contributed by atoms with E-state index in [1.54, 1.807) is 0 Å². The Morgan fingerprint density at radius 2 is 1.32 bits per heavy atom. The third-order valence-corrected chi connectivity index (χ3v) is 7.66. The van der Waals surface area contributed by atoms with Gasteiger partial charge in [0.05, 0.1) is 20.8 Å². The Balaban J connectivity index is 1.80. The third kappa shape index (κ3) is 10.6. The molecule has 0 aromatic heterocycles. The largest absolute Gasteiger partial charge is 0.373 e. The van der Waals surface area contributed by atoms with Crippen molar-refractivity contribution in [1.29, 1.82) is 0 Å². The molecular formula is C17H36OSi. The molecule has 1 atom stereocenters. The summed E-state index contributed by atoms with van der Waals surface area (Å²) in [6.07, 6.45) is 15.2. The quantitative estimate of drug-likeness (QED) is 0.229. The van der Waals surface area contributed by atoms with E-state index < -0.39 is 8.07 Å². The van der Waals surface area contributed by atoms with E-state index in [-0.39, 0.29) is 0 Å². The predicted molar refractivity (Wildman–Crippen MR) is 88.7 cm³/mol. The highest BCUT2D eigenvalue weighted by Crippen LogP contribution is 2.27. The average Bonchev–Trinajstić information content (AvgIpc) is 3.14. The minimum absolute atomic E-state index is 0.657. The first-order valence-corrected chi connectivity index (χ1v) is 12.2. The van der Waals surface area contributed by atoms with Crippen molar-refractivity contribution in [2.75, 3.05) is 6.61 Å². The molecule has 0 aliphatic carbocycles. The van der Waals surface area contributed by atoms with Gasteiger partial charge in [-0.15, -0.1) is 0 Å². The number of epoxide rings is 1. The minimum Gasteiger partial charge on any atom is -0.373 e. The second kappa shape index (κ2) is 9.98. The molecular weight excluding hydrogens is 248 g/mol. The number of unbranched alkanes of at least 4 members (excludes halogenated alkanes) is 9. The van der Waals surface area contributed by atoms with Crippen molar-refractivity contribution in [1.82, 2.24) is 0 Å². The summed E-state index contributed by atoms with van der Waals surface area (Å²) in [7, 11) is -0.919. The first-order chi connectivity index (χ1) is 9.14. The fraction of sp³-hybridized carbons (Fsp3) is 1.00. The zero-order valence-corrected chi connectivity index (χ0v) is 14.7. The lowest BCUT2D eigenvalue weighted by Gasteiger charge is -2.21. The van der Waals surface area contributed by atoms with Gasteiger partial charge in [0, 0.05) is 0 Å². The van der Waals surface area contributed by atoms with Crippen molar-refractivity contribution in [3.63, 3.8) is 0 Å². The number of rotatable bonds is 13. The maximum Gasteiger partial charge on any atom is 0.0786 e. The molecule has 1 rings (SSSR count). The molecule has 1 fully saturated rings. The molecule has 2 heteroatoms. The Morgan fingerprint density at radius 1 is 0.842 bits per heavy atom. The van der Waals surface area contributed by atoms with Crippen LogP contribution in [0.3, 0.4) is 0 Å². The molecule has 0 spiro atoms. The molecule has 1 unspecified atom stereocenters. The van der Waals surface area contributed by atoms with Crippen LogP contribution in [-0.2, 0) is 4.74 Å². The average molecular weight is 285 g/mol. The van der Waals surface area contributed by atoms with Crippen LogP contribution in [0.25, 0.3) is 0 Å². The highest BCUT2D eigenvalue weighted by Gasteiger charge is 2.31. The molecule has 0 N–H and O–H groups in total. The van der Waals surface area contributed by atoms with Gasteiger partial charge >= 0.3 is 0 Å². The van der Waals surface area contributed by atoms with Crippen molar-refractivity contribution in [2.24, 2.45) is 0 Å². The van der Waals surface area contributed by atoms with Crippen molar-refractivity contribution in [3.05, 3.63) is 0 Å². The minimum atomic E-state index is -0.919. The summed E-state index contributed by atoms with van der Waals surface area (Å²) in [6, 6.07) is 2.92. The Hall–Kier alpha value is 0.177. The van der Waals surface area contributed by atoms with Crippen LogP contribution in [0.2, 0.25) is 25.2 Å². The van der Waals surface area contributed by atoms with Crippen LogP contribution < -0.4 is 0 Å². The number of ether oxygens (including phenoxy) is 1. The van der Waals surface area contributed by atoms with E-state index in [4.69, 9.17) is 4.74 Å². The van der Waals surface area contributed by atoms with Gasteiger partial charge in [0.25, 0.3) is 0 Å². The van der Waals surface area contributed by atoms with Crippen LogP contribution in [0.4, 0.5) is 0 Å². The summed E-state index contributed by atoms with van der Waals surface area (Å²) in [5.74, 6) is 0. The monoisotopic (exact) mass is 284 g/mol. The maximum absolute atomic E-state index is 5.38. The molecule has 0 amide bonds. The topological polar surface area (TPSA) is 12.5 Å². The van der Waals surface area contributed by atoms with E-state index in [2.05, 4.69) is 20.0 Å². The van der Waals surface area contributed by atoms with Crippen LogP contribution in [0.5, 0.6) is 0 Å². The van der Waals surface area contributed by atoms with Crippen molar-refractivity contribution >= 4 is 8.07 Å². The number of hydrogen-bond donors (Lipinski definition) is 0. The van der Waals surface area contributed by atoms with Gasteiger partial charge < -0.3 is 4.74 Å². The second-order valence-corrected chi connectivity index (χ2v) is 12.5. The summed E-state index contributed by atoms with van der Waals surface area (Å²) in [4.78, 5) is 0. The normalized spacial score (nSPS) is 18.8. The van der Waals surface area contributed by atoms with Crippen LogP contribution in [0, 0.1) is 0 Å². The molecule has 0 saturated carbocycles. The van der Waals surface area contributed by atoms with Crippen molar-refractivity contribution in [3.8, 4) is 0 Å². The molecule has 1 aliphatic rings. The van der Waals surface area contributed by atoms with Gasteiger partial charge in [0.1, 0.15) is 0 Å². The molecule has 0 radical (unpaired) electrons. The summed E-state index contributed by atoms with van der Waals surface area (Å²) in [5.41, 5.74) is 0. The lowest BCUT2D eigenvalue weighted by molar-refractivity contribution is 0.421. The van der Waals surface area contributed by atoms with Gasteiger partial charge in [0.2, 0.25) is 0 Å². The Bertz CT molecular complexity index is 211. The smallest absolute Gasteiger partial charge is 0.0786 e. The zero-order chi connectivity index (χ0) is 14.0. The third-order valence-electron chi connectivity index (χ3n) is 4.39. The summed E-state index contributed by atoms with van der Waals surface area (Å²) < 4.78 is 5.38. The Morgan fingerprint density at radius 3 is 1.79 bits per heavy atom. The highest BCUT2D eigenvalue weighted by molar-refractivity contribution is 6.77. The Labute approximate surface area is 122 Å². The standard InChI is InChI=1S/C17H36OSi/c1-4-5-6-7-8-9-10-11-12-13-14-19(2,3)16-17-15-18-17/h17H,4-16H2,1-3H3. The van der Waals surface area contributed by atoms with Gasteiger partial charge in [-0.3, -0.25) is 0 Å². The molecule has 1 heterocycles. The highest BCUT2D eigenvalue weighted by atomic mass is 28.3. The van der Waals surface area contributed by atoms with Gasteiger partial charge in [-0.2, -0.15) is 0 Å². The van der Waals surface area contributed by atoms with Crippen LogP contribution in [-0.4, -0.2) is 20.8 Å². The lowest BCUT2D eigenvalue weighted by Crippen LogP contribution is -2.26. The van der Waals surface area contributed by atoms with Crippen LogP contribution >= 0.6 is 0 Å². The lowest BCUT2D eigenvalue weighted by atomic mass is 10.1. The second-order valence-electron chi connectivity index (χ2n) is 7.26. The van der Waals surface area contributed by atoms with E-state index in [1.807, 2.05) is 0 Å². The van der Waals surface area contributed by atoms with Crippen molar-refractivity contribution in [2.45, 2.75) is 102 Å². The fourth-order valence-electron chi connectivity index (χ4n) is 3.00. The van der Waals surface area contributed by atoms with E-state index in [0.29, 0.717) is 6.10 Å². The van der Waals surface area contributed by atoms with Gasteiger partial charge in [-0.1, -0.05) is 90.3 Å². The predicted octanol–water partition coefficient (Wildman–Crippen LogP) is 6.01. The molecule has 1 saturated heterocycles. The first kappa shape index (κ1) is 17.2. The molecule has 1 aliphatic heterocycles. The molecule has 0 bridgehead atoms. The van der Waals surface area contributed by atoms with E-state index in [9.17, 15) is 0 Å². The van der Waals surface area contributed by atoms with Crippen molar-refractivity contribution < 1.29 is 4.74 Å². The fourth-order valence-corrected chi connectivity index (χ4v) is 5.87. The Kier molecular flexibility index (Phi) is 9.05. The van der Waals surface area contributed by atoms with Gasteiger partial charge in [-0.05, 0) is 6.04 Å². The SMILES string of the molecule is CCCCCCCCCCCC[Si](C)(C)CC1CO1. The maximum atomic E-state index is 5.38. The molecule has 0 aromatic carbocycles. The van der Waals surface area contributed by atoms with Crippen LogP contribution in [0.15, 0.2) is 0 Å². The number of hydrogen-bond acceptors (Lipinski definition) is 1. The first-order valence-electron chi connectivity index (χ1n) is 8.76. The van der Waals surface area contributed by atoms with E-state index in [0.717, 1.165) is 6.61 Å². The van der Waals surface area contributed by atoms with Gasteiger partial charge in [0.15, 0.2) is 0 Å². The summed E-state index contributed by atoms with van der Waals surface area (Å²) >= 11 is 0.